The zero-order valence-electron chi connectivity index (χ0n) is 10.5. The van der Waals surface area contributed by atoms with Gasteiger partial charge in [0.25, 0.3) is 0 Å². The first-order chi connectivity index (χ1) is 9.15. The van der Waals surface area contributed by atoms with Crippen LogP contribution in [0.25, 0.3) is 0 Å². The fraction of sp³-hybridized carbons (Fsp3) is 0.286. The maximum absolute atomic E-state index is 5.90. The fourth-order valence-electron chi connectivity index (χ4n) is 1.64. The molecule has 0 saturated carbocycles. The summed E-state index contributed by atoms with van der Waals surface area (Å²) in [7, 11) is 0. The minimum Gasteiger partial charge on any atom is -0.488 e. The second-order valence-electron chi connectivity index (χ2n) is 4.21. The van der Waals surface area contributed by atoms with Crippen molar-refractivity contribution < 1.29 is 4.74 Å². The summed E-state index contributed by atoms with van der Waals surface area (Å²) in [6.07, 6.45) is 0.0948. The van der Waals surface area contributed by atoms with Crippen molar-refractivity contribution in [1.82, 2.24) is 5.32 Å². The van der Waals surface area contributed by atoms with Crippen LogP contribution < -0.4 is 10.1 Å². The highest BCUT2D eigenvalue weighted by Gasteiger charge is 2.07. The molecule has 0 amide bonds. The van der Waals surface area contributed by atoms with E-state index < -0.39 is 0 Å². The smallest absolute Gasteiger partial charge is 0.134 e. The highest BCUT2D eigenvalue weighted by atomic mass is 79.9. The molecular formula is C14H15BrClNOS. The van der Waals surface area contributed by atoms with Crippen LogP contribution in [0.4, 0.5) is 0 Å². The van der Waals surface area contributed by atoms with E-state index in [9.17, 15) is 0 Å². The molecule has 2 rings (SSSR count). The molecule has 2 nitrogen and oxygen atoms in total. The maximum atomic E-state index is 5.90. The minimum absolute atomic E-state index is 0.0948. The number of ether oxygens (including phenoxy) is 1. The van der Waals surface area contributed by atoms with E-state index in [1.807, 2.05) is 25.1 Å². The van der Waals surface area contributed by atoms with Crippen molar-refractivity contribution in [1.29, 1.82) is 0 Å². The molecule has 0 aliphatic heterocycles. The summed E-state index contributed by atoms with van der Waals surface area (Å²) in [4.78, 5) is 1.33. The Kier molecular flexibility index (Phi) is 5.70. The van der Waals surface area contributed by atoms with E-state index in [2.05, 4.69) is 38.8 Å². The van der Waals surface area contributed by atoms with Crippen LogP contribution in [0.3, 0.4) is 0 Å². The summed E-state index contributed by atoms with van der Waals surface area (Å²) >= 11 is 11.1. The van der Waals surface area contributed by atoms with Crippen LogP contribution in [-0.2, 0) is 6.54 Å². The van der Waals surface area contributed by atoms with Gasteiger partial charge in [0.15, 0.2) is 0 Å². The number of rotatable bonds is 6. The summed E-state index contributed by atoms with van der Waals surface area (Å²) in [5, 5.41) is 6.16. The number of hydrogen-bond donors (Lipinski definition) is 1. The average Bonchev–Trinajstić information content (AvgIpc) is 2.86. The second-order valence-corrected chi connectivity index (χ2v) is 6.54. The lowest BCUT2D eigenvalue weighted by Crippen LogP contribution is -2.28. The Morgan fingerprint density at radius 3 is 2.95 bits per heavy atom. The van der Waals surface area contributed by atoms with Crippen LogP contribution in [0.5, 0.6) is 5.75 Å². The molecule has 1 atom stereocenters. The lowest BCUT2D eigenvalue weighted by Gasteiger charge is -2.16. The molecule has 0 radical (unpaired) electrons. The molecule has 19 heavy (non-hydrogen) atoms. The Hall–Kier alpha value is -0.550. The Labute approximate surface area is 130 Å². The van der Waals surface area contributed by atoms with Crippen LogP contribution in [0.2, 0.25) is 5.02 Å². The Morgan fingerprint density at radius 1 is 1.42 bits per heavy atom. The number of halogens is 2. The first-order valence-corrected chi connectivity index (χ1v) is 8.05. The Bertz CT molecular complexity index is 518. The summed E-state index contributed by atoms with van der Waals surface area (Å²) < 4.78 is 6.73. The van der Waals surface area contributed by atoms with E-state index >= 15 is 0 Å². The molecule has 0 saturated heterocycles. The topological polar surface area (TPSA) is 21.3 Å². The largest absolute Gasteiger partial charge is 0.488 e. The second kappa shape index (κ2) is 7.29. The molecule has 1 aromatic heterocycles. The molecule has 1 aromatic carbocycles. The molecule has 102 valence electrons. The fourth-order valence-corrected chi connectivity index (χ4v) is 3.09. The maximum Gasteiger partial charge on any atom is 0.134 e. The van der Waals surface area contributed by atoms with E-state index in [0.29, 0.717) is 5.02 Å². The van der Waals surface area contributed by atoms with Gasteiger partial charge < -0.3 is 10.1 Å². The highest BCUT2D eigenvalue weighted by molar-refractivity contribution is 9.10. The standard InChI is InChI=1S/C14H15BrClNOS/c1-10(8-17-9-12-3-2-6-19-12)18-14-5-4-11(16)7-13(14)15/h2-7,10,17H,8-9H2,1H3. The molecule has 1 heterocycles. The van der Waals surface area contributed by atoms with E-state index in [1.54, 1.807) is 11.3 Å². The molecule has 5 heteroatoms. The predicted octanol–water partition coefficient (Wildman–Crippen LogP) is 4.72. The molecule has 0 fully saturated rings. The van der Waals surface area contributed by atoms with Crippen molar-refractivity contribution in [3.8, 4) is 5.75 Å². The summed E-state index contributed by atoms with van der Waals surface area (Å²) in [6.45, 7) is 3.72. The normalized spacial score (nSPS) is 12.4. The summed E-state index contributed by atoms with van der Waals surface area (Å²) in [6, 6.07) is 9.73. The van der Waals surface area contributed by atoms with Gasteiger partial charge in [-0.1, -0.05) is 17.7 Å². The quantitative estimate of drug-likeness (QED) is 0.804. The number of benzene rings is 1. The third-order valence-corrected chi connectivity index (χ3v) is 4.26. The van der Waals surface area contributed by atoms with Gasteiger partial charge in [0.1, 0.15) is 11.9 Å². The number of thiophene rings is 1. The SMILES string of the molecule is CC(CNCc1cccs1)Oc1ccc(Cl)cc1Br. The lowest BCUT2D eigenvalue weighted by molar-refractivity contribution is 0.215. The van der Waals surface area contributed by atoms with Gasteiger partial charge >= 0.3 is 0 Å². The van der Waals surface area contributed by atoms with Crippen molar-refractivity contribution in [2.75, 3.05) is 6.54 Å². The first kappa shape index (κ1) is 14.9. The van der Waals surface area contributed by atoms with E-state index in [-0.39, 0.29) is 6.10 Å². The molecule has 1 unspecified atom stereocenters. The van der Waals surface area contributed by atoms with E-state index in [1.165, 1.54) is 4.88 Å². The third kappa shape index (κ3) is 4.80. The van der Waals surface area contributed by atoms with Crippen LogP contribution in [0.1, 0.15) is 11.8 Å². The molecule has 0 aliphatic carbocycles. The van der Waals surface area contributed by atoms with Gasteiger partial charge in [0.05, 0.1) is 4.47 Å². The van der Waals surface area contributed by atoms with E-state index in [4.69, 9.17) is 16.3 Å². The molecule has 2 aromatic rings. The van der Waals surface area contributed by atoms with Gasteiger partial charge in [0, 0.05) is 23.0 Å². The third-order valence-electron chi connectivity index (χ3n) is 2.53. The zero-order valence-corrected chi connectivity index (χ0v) is 13.7. The number of nitrogens with one attached hydrogen (secondary N) is 1. The highest BCUT2D eigenvalue weighted by Crippen LogP contribution is 2.28. The van der Waals surface area contributed by atoms with Crippen molar-refractivity contribution in [2.24, 2.45) is 0 Å². The molecule has 0 spiro atoms. The number of hydrogen-bond acceptors (Lipinski definition) is 3. The zero-order chi connectivity index (χ0) is 13.7. The lowest BCUT2D eigenvalue weighted by atomic mass is 10.3. The van der Waals surface area contributed by atoms with Crippen LogP contribution >= 0.6 is 38.9 Å². The minimum atomic E-state index is 0.0948. The van der Waals surface area contributed by atoms with Gasteiger partial charge in [0.2, 0.25) is 0 Å². The van der Waals surface area contributed by atoms with Crippen LogP contribution in [0, 0.1) is 0 Å². The summed E-state index contributed by atoms with van der Waals surface area (Å²) in [5.74, 6) is 0.815. The van der Waals surface area contributed by atoms with E-state index in [0.717, 1.165) is 23.3 Å². The predicted molar refractivity (Wildman–Crippen MR) is 85.3 cm³/mol. The molecule has 0 aliphatic rings. The van der Waals surface area contributed by atoms with Crippen molar-refractivity contribution in [3.63, 3.8) is 0 Å². The van der Waals surface area contributed by atoms with Gasteiger partial charge in [-0.05, 0) is 52.5 Å². The molecule has 0 bridgehead atoms. The van der Waals surface area contributed by atoms with Gasteiger partial charge in [-0.25, -0.2) is 0 Å². The van der Waals surface area contributed by atoms with Gasteiger partial charge in [-0.2, -0.15) is 0 Å². The van der Waals surface area contributed by atoms with Crippen molar-refractivity contribution >= 4 is 38.9 Å². The summed E-state index contributed by atoms with van der Waals surface area (Å²) in [5.41, 5.74) is 0. The van der Waals surface area contributed by atoms with Crippen LogP contribution in [0.15, 0.2) is 40.2 Å². The Balaban J connectivity index is 1.79. The average molecular weight is 361 g/mol. The van der Waals surface area contributed by atoms with Crippen molar-refractivity contribution in [3.05, 3.63) is 50.1 Å². The van der Waals surface area contributed by atoms with Crippen molar-refractivity contribution in [2.45, 2.75) is 19.6 Å². The van der Waals surface area contributed by atoms with Gasteiger partial charge in [-0.15, -0.1) is 11.3 Å². The molecule has 1 N–H and O–H groups in total. The van der Waals surface area contributed by atoms with Crippen LogP contribution in [-0.4, -0.2) is 12.6 Å². The monoisotopic (exact) mass is 359 g/mol. The molecular weight excluding hydrogens is 346 g/mol. The Morgan fingerprint density at radius 2 is 2.26 bits per heavy atom. The first-order valence-electron chi connectivity index (χ1n) is 6.00. The van der Waals surface area contributed by atoms with Gasteiger partial charge in [-0.3, -0.25) is 0 Å².